The zero-order valence-electron chi connectivity index (χ0n) is 15.2. The molecule has 6 nitrogen and oxygen atoms in total. The predicted molar refractivity (Wildman–Crippen MR) is 93.6 cm³/mol. The Morgan fingerprint density at radius 2 is 2.12 bits per heavy atom. The lowest BCUT2D eigenvalue weighted by atomic mass is 9.87. The van der Waals surface area contributed by atoms with Crippen molar-refractivity contribution in [3.05, 3.63) is 29.8 Å². The molecule has 3 rings (SSSR count). The Hall–Kier alpha value is -2.08. The molecule has 1 aromatic rings. The van der Waals surface area contributed by atoms with E-state index in [-0.39, 0.29) is 29.9 Å². The van der Waals surface area contributed by atoms with E-state index in [4.69, 9.17) is 9.47 Å². The predicted octanol–water partition coefficient (Wildman–Crippen LogP) is 1.79. The molecule has 0 radical (unpaired) electrons. The number of likely N-dealkylation sites (tertiary alicyclic amines) is 1. The van der Waals surface area contributed by atoms with Crippen LogP contribution in [0.1, 0.15) is 30.6 Å². The van der Waals surface area contributed by atoms with Gasteiger partial charge in [-0.1, -0.05) is 6.07 Å². The second-order valence-corrected chi connectivity index (χ2v) is 7.32. The standard InChI is InChI=1S/C19H26N2O4/c1-14(2)21-12-19(13-25-10-17(21)22)7-8-20(11-19)18(23)15-5-4-6-16(9-15)24-3/h4-6,9,14H,7-8,10-13H2,1-3H3. The Labute approximate surface area is 148 Å². The van der Waals surface area contributed by atoms with E-state index in [2.05, 4.69) is 0 Å². The van der Waals surface area contributed by atoms with Gasteiger partial charge in [0.1, 0.15) is 12.4 Å². The number of benzene rings is 1. The number of hydrogen-bond donors (Lipinski definition) is 0. The summed E-state index contributed by atoms with van der Waals surface area (Å²) >= 11 is 0. The maximum absolute atomic E-state index is 12.9. The van der Waals surface area contributed by atoms with Crippen LogP contribution < -0.4 is 4.74 Å². The number of nitrogens with zero attached hydrogens (tertiary/aromatic N) is 2. The van der Waals surface area contributed by atoms with Crippen molar-refractivity contribution in [3.8, 4) is 5.75 Å². The average Bonchev–Trinajstić information content (AvgIpc) is 2.95. The van der Waals surface area contributed by atoms with Gasteiger partial charge < -0.3 is 19.3 Å². The SMILES string of the molecule is COc1cccc(C(=O)N2CCC3(COCC(=O)N(C(C)C)C3)C2)c1. The Morgan fingerprint density at radius 1 is 1.32 bits per heavy atom. The van der Waals surface area contributed by atoms with Gasteiger partial charge in [-0.3, -0.25) is 9.59 Å². The number of rotatable bonds is 3. The summed E-state index contributed by atoms with van der Waals surface area (Å²) in [6.45, 7) is 6.62. The summed E-state index contributed by atoms with van der Waals surface area (Å²) in [5.41, 5.74) is 0.452. The quantitative estimate of drug-likeness (QED) is 0.837. The fraction of sp³-hybridized carbons (Fsp3) is 0.579. The molecule has 136 valence electrons. The van der Waals surface area contributed by atoms with Gasteiger partial charge in [-0.05, 0) is 38.5 Å². The van der Waals surface area contributed by atoms with E-state index in [0.29, 0.717) is 37.6 Å². The lowest BCUT2D eigenvalue weighted by Crippen LogP contribution is -2.46. The van der Waals surface area contributed by atoms with Crippen molar-refractivity contribution in [1.82, 2.24) is 9.80 Å². The number of carbonyl (C=O) groups excluding carboxylic acids is 2. The Balaban J connectivity index is 1.75. The van der Waals surface area contributed by atoms with Crippen LogP contribution in [0, 0.1) is 5.41 Å². The molecule has 2 fully saturated rings. The molecule has 0 bridgehead atoms. The van der Waals surface area contributed by atoms with Crippen molar-refractivity contribution >= 4 is 11.8 Å². The van der Waals surface area contributed by atoms with Crippen molar-refractivity contribution in [2.24, 2.45) is 5.41 Å². The molecule has 0 saturated carbocycles. The maximum Gasteiger partial charge on any atom is 0.254 e. The lowest BCUT2D eigenvalue weighted by Gasteiger charge is -2.34. The van der Waals surface area contributed by atoms with E-state index in [1.807, 2.05) is 41.8 Å². The third-order valence-electron chi connectivity index (χ3n) is 5.13. The van der Waals surface area contributed by atoms with Crippen molar-refractivity contribution in [2.75, 3.05) is 40.0 Å². The first-order valence-electron chi connectivity index (χ1n) is 8.75. The third-order valence-corrected chi connectivity index (χ3v) is 5.13. The Morgan fingerprint density at radius 3 is 2.84 bits per heavy atom. The molecule has 1 aromatic carbocycles. The van der Waals surface area contributed by atoms with E-state index >= 15 is 0 Å². The zero-order chi connectivity index (χ0) is 18.0. The number of methoxy groups -OCH3 is 1. The molecule has 1 spiro atoms. The van der Waals surface area contributed by atoms with Crippen molar-refractivity contribution < 1.29 is 19.1 Å². The molecule has 6 heteroatoms. The van der Waals surface area contributed by atoms with Gasteiger partial charge in [0.25, 0.3) is 5.91 Å². The van der Waals surface area contributed by atoms with E-state index in [9.17, 15) is 9.59 Å². The molecule has 0 aliphatic carbocycles. The van der Waals surface area contributed by atoms with Gasteiger partial charge in [0.15, 0.2) is 0 Å². The first-order chi connectivity index (χ1) is 11.9. The molecule has 2 heterocycles. The Bertz CT molecular complexity index is 661. The molecular weight excluding hydrogens is 320 g/mol. The fourth-order valence-corrected chi connectivity index (χ4v) is 3.70. The van der Waals surface area contributed by atoms with Crippen LogP contribution in [-0.2, 0) is 9.53 Å². The molecule has 2 saturated heterocycles. The number of ether oxygens (including phenoxy) is 2. The largest absolute Gasteiger partial charge is 0.497 e. The van der Waals surface area contributed by atoms with Gasteiger partial charge in [0.2, 0.25) is 5.91 Å². The first kappa shape index (κ1) is 17.7. The van der Waals surface area contributed by atoms with Crippen LogP contribution in [0.15, 0.2) is 24.3 Å². The van der Waals surface area contributed by atoms with Gasteiger partial charge in [0, 0.05) is 36.7 Å². The molecule has 2 aliphatic heterocycles. The van der Waals surface area contributed by atoms with Gasteiger partial charge in [-0.2, -0.15) is 0 Å². The van der Waals surface area contributed by atoms with E-state index in [1.54, 1.807) is 13.2 Å². The van der Waals surface area contributed by atoms with Crippen LogP contribution in [0.4, 0.5) is 0 Å². The van der Waals surface area contributed by atoms with Gasteiger partial charge in [0.05, 0.1) is 13.7 Å². The minimum absolute atomic E-state index is 0.00226. The summed E-state index contributed by atoms with van der Waals surface area (Å²) in [5, 5.41) is 0. The van der Waals surface area contributed by atoms with E-state index < -0.39 is 0 Å². The van der Waals surface area contributed by atoms with Crippen molar-refractivity contribution in [3.63, 3.8) is 0 Å². The summed E-state index contributed by atoms with van der Waals surface area (Å²) in [6, 6.07) is 7.36. The summed E-state index contributed by atoms with van der Waals surface area (Å²) in [7, 11) is 1.59. The maximum atomic E-state index is 12.9. The van der Waals surface area contributed by atoms with Crippen LogP contribution in [0.5, 0.6) is 5.75 Å². The van der Waals surface area contributed by atoms with Crippen LogP contribution >= 0.6 is 0 Å². The minimum Gasteiger partial charge on any atom is -0.497 e. The first-order valence-corrected chi connectivity index (χ1v) is 8.75. The molecule has 25 heavy (non-hydrogen) atoms. The van der Waals surface area contributed by atoms with E-state index in [1.165, 1.54) is 0 Å². The zero-order valence-corrected chi connectivity index (χ0v) is 15.2. The topological polar surface area (TPSA) is 59.1 Å². The van der Waals surface area contributed by atoms with Gasteiger partial charge in [-0.15, -0.1) is 0 Å². The number of carbonyl (C=O) groups is 2. The molecule has 0 aromatic heterocycles. The highest BCUT2D eigenvalue weighted by molar-refractivity contribution is 5.94. The molecular formula is C19H26N2O4. The molecule has 1 unspecified atom stereocenters. The van der Waals surface area contributed by atoms with Crippen LogP contribution in [0.2, 0.25) is 0 Å². The molecule has 0 N–H and O–H groups in total. The van der Waals surface area contributed by atoms with Crippen molar-refractivity contribution in [1.29, 1.82) is 0 Å². The highest BCUT2D eigenvalue weighted by Crippen LogP contribution is 2.35. The Kier molecular flexibility index (Phi) is 4.99. The van der Waals surface area contributed by atoms with Crippen LogP contribution in [0.25, 0.3) is 0 Å². The second-order valence-electron chi connectivity index (χ2n) is 7.32. The normalized spacial score (nSPS) is 24.1. The van der Waals surface area contributed by atoms with Crippen LogP contribution in [0.3, 0.4) is 0 Å². The molecule has 2 amide bonds. The molecule has 1 atom stereocenters. The summed E-state index contributed by atoms with van der Waals surface area (Å²) in [5.74, 6) is 0.709. The summed E-state index contributed by atoms with van der Waals surface area (Å²) in [4.78, 5) is 28.8. The highest BCUT2D eigenvalue weighted by Gasteiger charge is 2.44. The number of amides is 2. The van der Waals surface area contributed by atoms with Gasteiger partial charge >= 0.3 is 0 Å². The van der Waals surface area contributed by atoms with Crippen LogP contribution in [-0.4, -0.2) is 67.6 Å². The second kappa shape index (κ2) is 7.04. The van der Waals surface area contributed by atoms with Gasteiger partial charge in [-0.25, -0.2) is 0 Å². The van der Waals surface area contributed by atoms with Crippen molar-refractivity contribution in [2.45, 2.75) is 26.3 Å². The fourth-order valence-electron chi connectivity index (χ4n) is 3.70. The lowest BCUT2D eigenvalue weighted by molar-refractivity contribution is -0.135. The molecule has 2 aliphatic rings. The summed E-state index contributed by atoms with van der Waals surface area (Å²) < 4.78 is 10.9. The number of hydrogen-bond acceptors (Lipinski definition) is 4. The van der Waals surface area contributed by atoms with E-state index in [0.717, 1.165) is 6.42 Å². The highest BCUT2D eigenvalue weighted by atomic mass is 16.5. The minimum atomic E-state index is -0.176. The third kappa shape index (κ3) is 3.63. The monoisotopic (exact) mass is 346 g/mol. The smallest absolute Gasteiger partial charge is 0.254 e. The summed E-state index contributed by atoms with van der Waals surface area (Å²) in [6.07, 6.45) is 0.846. The average molecular weight is 346 g/mol.